The van der Waals surface area contributed by atoms with Crippen molar-refractivity contribution in [1.29, 1.82) is 5.26 Å². The summed E-state index contributed by atoms with van der Waals surface area (Å²) >= 11 is -0.790. The molecular formula is C20H22F2N8O2SSe. The molecule has 1 saturated carbocycles. The maximum absolute atomic E-state index is 13.3. The number of anilines is 1. The first-order valence-corrected chi connectivity index (χ1v) is 13.9. The molecule has 1 aliphatic heterocycles. The summed E-state index contributed by atoms with van der Waals surface area (Å²) in [4.78, 5) is 2.03. The Kier molecular flexibility index (Phi) is 5.73. The van der Waals surface area contributed by atoms with Gasteiger partial charge >= 0.3 is 201 Å². The number of nitrogens with zero attached hydrogens (tertiary/aromatic N) is 6. The molecule has 0 radical (unpaired) electrons. The van der Waals surface area contributed by atoms with Gasteiger partial charge in [0.05, 0.1) is 0 Å². The Bertz CT molecular complexity index is 1390. The summed E-state index contributed by atoms with van der Waals surface area (Å²) in [5.41, 5.74) is -0.175. The summed E-state index contributed by atoms with van der Waals surface area (Å²) in [6.07, 6.45) is -0.270. The van der Waals surface area contributed by atoms with E-state index in [2.05, 4.69) is 30.2 Å². The van der Waals surface area contributed by atoms with Gasteiger partial charge in [0, 0.05) is 0 Å². The number of sulfonamides is 1. The van der Waals surface area contributed by atoms with E-state index in [1.807, 2.05) is 19.9 Å². The molecule has 3 aromatic rings. The van der Waals surface area contributed by atoms with Crippen molar-refractivity contribution < 1.29 is 17.2 Å². The van der Waals surface area contributed by atoms with E-state index in [4.69, 9.17) is 0 Å². The first kappa shape index (κ1) is 23.3. The molecular weight excluding hydrogens is 533 g/mol. The van der Waals surface area contributed by atoms with Crippen LogP contribution in [0.2, 0.25) is 0 Å². The number of hydrogen-bond acceptors (Lipinski definition) is 8. The third kappa shape index (κ3) is 4.23. The zero-order chi connectivity index (χ0) is 24.3. The van der Waals surface area contributed by atoms with Crippen molar-refractivity contribution in [3.63, 3.8) is 0 Å². The average Bonchev–Trinajstić information content (AvgIpc) is 3.18. The van der Waals surface area contributed by atoms with Crippen LogP contribution in [0.3, 0.4) is 0 Å². The summed E-state index contributed by atoms with van der Waals surface area (Å²) in [5.74, 6) is 0.562. The van der Waals surface area contributed by atoms with Gasteiger partial charge in [-0.05, 0) is 0 Å². The van der Waals surface area contributed by atoms with Gasteiger partial charge in [0.25, 0.3) is 0 Å². The predicted octanol–water partition coefficient (Wildman–Crippen LogP) is 1.31. The van der Waals surface area contributed by atoms with Crippen LogP contribution in [0, 0.1) is 11.3 Å². The van der Waals surface area contributed by atoms with Gasteiger partial charge in [0.2, 0.25) is 0 Å². The van der Waals surface area contributed by atoms with Crippen LogP contribution in [-0.4, -0.2) is 73.4 Å². The van der Waals surface area contributed by atoms with Crippen molar-refractivity contribution >= 4 is 35.9 Å². The van der Waals surface area contributed by atoms with Gasteiger partial charge in [-0.15, -0.1) is 0 Å². The van der Waals surface area contributed by atoms with Crippen molar-refractivity contribution in [3.8, 4) is 16.2 Å². The standard InChI is InChI=1S/C20H22F2N8O2SSe/c1-11-8-29(9-12(2)25-11)16-6-13(33(31,32)28-20(10-23)3-4-20)5-15-14(7-24-30(15)16)18-26-27-19(34-18)17(21)22/h5-7,11-12,17,25,28H,3-4,8-9H2,1-2H3/t11-,12-/m0/s1. The van der Waals surface area contributed by atoms with Gasteiger partial charge in [-0.2, -0.15) is 0 Å². The van der Waals surface area contributed by atoms with Gasteiger partial charge < -0.3 is 0 Å². The van der Waals surface area contributed by atoms with Crippen molar-refractivity contribution in [3.05, 3.63) is 22.9 Å². The number of aromatic nitrogens is 4. The van der Waals surface area contributed by atoms with Crippen molar-refractivity contribution in [2.24, 2.45) is 0 Å². The molecule has 3 aromatic heterocycles. The number of rotatable bonds is 6. The third-order valence-electron chi connectivity index (χ3n) is 5.92. The number of fused-ring (bicyclic) bond motifs is 1. The van der Waals surface area contributed by atoms with E-state index < -0.39 is 36.5 Å². The molecule has 180 valence electrons. The van der Waals surface area contributed by atoms with Gasteiger partial charge in [-0.1, -0.05) is 0 Å². The Labute approximate surface area is 200 Å². The number of nitrogens with one attached hydrogen (secondary N) is 2. The molecule has 0 spiro atoms. The fourth-order valence-electron chi connectivity index (χ4n) is 4.21. The van der Waals surface area contributed by atoms with E-state index in [1.165, 1.54) is 12.3 Å². The Morgan fingerprint density at radius 3 is 2.56 bits per heavy atom. The van der Waals surface area contributed by atoms with Crippen LogP contribution >= 0.6 is 0 Å². The zero-order valence-electron chi connectivity index (χ0n) is 18.4. The molecule has 5 rings (SSSR count). The fourth-order valence-corrected chi connectivity index (χ4v) is 7.13. The van der Waals surface area contributed by atoms with Crippen molar-refractivity contribution in [2.45, 2.75) is 55.6 Å². The summed E-state index contributed by atoms with van der Waals surface area (Å²) in [7, 11) is -4.03. The van der Waals surface area contributed by atoms with Crippen LogP contribution in [-0.2, 0) is 10.0 Å². The SMILES string of the molecule is C[C@H]1CN(c2cc(S(=O)(=O)NC3(C#N)CC3)cc3c(-c4nnc(C(F)F)[se]4)cnn23)C[C@H](C)N1. The van der Waals surface area contributed by atoms with E-state index in [-0.39, 0.29) is 21.5 Å². The van der Waals surface area contributed by atoms with E-state index in [0.717, 1.165) is 0 Å². The minimum atomic E-state index is -4.03. The van der Waals surface area contributed by atoms with Crippen LogP contribution in [0.1, 0.15) is 37.7 Å². The summed E-state index contributed by atoms with van der Waals surface area (Å²) in [5, 5.41) is 24.8. The van der Waals surface area contributed by atoms with Crippen LogP contribution < -0.4 is 14.9 Å². The second-order valence-corrected chi connectivity index (χ2v) is 12.6. The molecule has 1 saturated heterocycles. The van der Waals surface area contributed by atoms with Crippen LogP contribution in [0.5, 0.6) is 0 Å². The maximum atomic E-state index is 13.3. The van der Waals surface area contributed by atoms with E-state index in [9.17, 15) is 22.5 Å². The predicted molar refractivity (Wildman–Crippen MR) is 120 cm³/mol. The summed E-state index contributed by atoms with van der Waals surface area (Å²) < 4.78 is 57.1. The first-order chi connectivity index (χ1) is 16.1. The molecule has 10 nitrogen and oxygen atoms in total. The van der Waals surface area contributed by atoms with Crippen LogP contribution in [0.15, 0.2) is 23.2 Å². The van der Waals surface area contributed by atoms with Crippen molar-refractivity contribution in [1.82, 2.24) is 29.9 Å². The third-order valence-corrected chi connectivity index (χ3v) is 9.46. The summed E-state index contributed by atoms with van der Waals surface area (Å²) in [6.45, 7) is 5.33. The Balaban J connectivity index is 1.67. The second kappa shape index (κ2) is 8.35. The van der Waals surface area contributed by atoms with Gasteiger partial charge in [-0.3, -0.25) is 0 Å². The molecule has 0 bridgehead atoms. The zero-order valence-corrected chi connectivity index (χ0v) is 20.9. The Morgan fingerprint density at radius 1 is 1.26 bits per heavy atom. The Morgan fingerprint density at radius 2 is 1.97 bits per heavy atom. The van der Waals surface area contributed by atoms with E-state index in [1.54, 1.807) is 10.6 Å². The van der Waals surface area contributed by atoms with Crippen molar-refractivity contribution in [2.75, 3.05) is 18.0 Å². The topological polar surface area (TPSA) is 128 Å². The molecule has 0 amide bonds. The molecule has 0 unspecified atom stereocenters. The average molecular weight is 555 g/mol. The van der Waals surface area contributed by atoms with Gasteiger partial charge in [0.1, 0.15) is 0 Å². The molecule has 0 aromatic carbocycles. The van der Waals surface area contributed by atoms with Crippen LogP contribution in [0.4, 0.5) is 14.6 Å². The Hall–Kier alpha value is -2.43. The molecule has 1 aliphatic carbocycles. The number of pyridine rings is 1. The molecule has 14 heteroatoms. The number of nitriles is 1. The molecule has 2 aliphatic rings. The van der Waals surface area contributed by atoms with Gasteiger partial charge in [-0.25, -0.2) is 0 Å². The number of piperazine rings is 1. The number of alkyl halides is 2. The fraction of sp³-hybridized carbons (Fsp3) is 0.500. The molecule has 2 atom stereocenters. The monoisotopic (exact) mass is 556 g/mol. The first-order valence-electron chi connectivity index (χ1n) is 10.7. The summed E-state index contributed by atoms with van der Waals surface area (Å²) in [6, 6.07) is 5.36. The normalized spacial score (nSPS) is 22.3. The number of hydrogen-bond donors (Lipinski definition) is 2. The quantitative estimate of drug-likeness (QED) is 0.436. The minimum absolute atomic E-state index is 0.0155. The number of halogens is 2. The molecule has 4 heterocycles. The molecule has 34 heavy (non-hydrogen) atoms. The molecule has 2 fully saturated rings. The van der Waals surface area contributed by atoms with E-state index >= 15 is 0 Å². The van der Waals surface area contributed by atoms with E-state index in [0.29, 0.717) is 47.4 Å². The second-order valence-electron chi connectivity index (χ2n) is 8.82. The molecule has 2 N–H and O–H groups in total. The van der Waals surface area contributed by atoms with Crippen LogP contribution in [0.25, 0.3) is 15.6 Å². The van der Waals surface area contributed by atoms with Gasteiger partial charge in [0.15, 0.2) is 0 Å².